The standard InChI is InChI=1S/C64H73BN2O/c1-37-28-41-44(61(9,10)26-24-59(41,5)6)33-50(37)67-52-35-46-43(63(13,14)36-64(46,15)16)32-48(52)65-47-31-42-45(62(11,12)27-25-60(42,7)8)34-51(47)66(53-29-38(58(2,3)4)30-54(67)56(53)65)49-22-19-21-40-39-20-17-18-23-55(39)68-57(40)49/h17-23,28-35H,24-27,36H2,1-16H3. The van der Waals surface area contributed by atoms with Crippen LogP contribution in [0.5, 0.6) is 0 Å². The van der Waals surface area contributed by atoms with Gasteiger partial charge in [0, 0.05) is 39.2 Å². The molecule has 1 aromatic heterocycles. The predicted molar refractivity (Wildman–Crippen MR) is 292 cm³/mol. The minimum absolute atomic E-state index is 0.0191. The van der Waals surface area contributed by atoms with Gasteiger partial charge in [-0.1, -0.05) is 152 Å². The predicted octanol–water partition coefficient (Wildman–Crippen LogP) is 15.9. The van der Waals surface area contributed by atoms with Crippen molar-refractivity contribution in [1.82, 2.24) is 0 Å². The average Bonchev–Trinajstić information content (AvgIpc) is 3.73. The Morgan fingerprint density at radius 1 is 0.456 bits per heavy atom. The number of benzene rings is 6. The highest BCUT2D eigenvalue weighted by Gasteiger charge is 2.51. The van der Waals surface area contributed by atoms with Crippen LogP contribution in [-0.2, 0) is 37.9 Å². The van der Waals surface area contributed by atoms with Gasteiger partial charge < -0.3 is 14.2 Å². The van der Waals surface area contributed by atoms with Crippen molar-refractivity contribution in [3.05, 3.63) is 136 Å². The molecule has 348 valence electrons. The molecule has 4 heteroatoms. The van der Waals surface area contributed by atoms with Crippen LogP contribution in [0.4, 0.5) is 34.1 Å². The van der Waals surface area contributed by atoms with Gasteiger partial charge in [-0.15, -0.1) is 0 Å². The van der Waals surface area contributed by atoms with Gasteiger partial charge in [-0.2, -0.15) is 0 Å². The van der Waals surface area contributed by atoms with Crippen molar-refractivity contribution in [2.24, 2.45) is 0 Å². The molecule has 3 nitrogen and oxygen atoms in total. The third-order valence-corrected chi connectivity index (χ3v) is 18.4. The molecule has 0 unspecified atom stereocenters. The normalized spacial score (nSPS) is 20.7. The van der Waals surface area contributed by atoms with Crippen LogP contribution in [0.1, 0.15) is 180 Å². The lowest BCUT2D eigenvalue weighted by molar-refractivity contribution is 0.332. The average molecular weight is 897 g/mol. The van der Waals surface area contributed by atoms with E-state index in [-0.39, 0.29) is 44.6 Å². The molecule has 0 bridgehead atoms. The molecular weight excluding hydrogens is 824 g/mol. The second-order valence-electron chi connectivity index (χ2n) is 27.1. The number of nitrogens with zero attached hydrogens (tertiary/aromatic N) is 2. The van der Waals surface area contributed by atoms with Crippen LogP contribution in [0.2, 0.25) is 0 Å². The molecule has 7 aromatic rings. The van der Waals surface area contributed by atoms with Crippen LogP contribution in [0, 0.1) is 6.92 Å². The molecule has 0 N–H and O–H groups in total. The molecule has 0 atom stereocenters. The van der Waals surface area contributed by atoms with Gasteiger partial charge >= 0.3 is 0 Å². The molecule has 3 aliphatic carbocycles. The van der Waals surface area contributed by atoms with Crippen LogP contribution in [0.3, 0.4) is 0 Å². The van der Waals surface area contributed by atoms with E-state index < -0.39 is 0 Å². The van der Waals surface area contributed by atoms with E-state index in [1.54, 1.807) is 0 Å². The van der Waals surface area contributed by atoms with Gasteiger partial charge in [0.2, 0.25) is 0 Å². The molecule has 12 rings (SSSR count). The van der Waals surface area contributed by atoms with Crippen molar-refractivity contribution >= 4 is 79.2 Å². The quantitative estimate of drug-likeness (QED) is 0.161. The van der Waals surface area contributed by atoms with E-state index in [4.69, 9.17) is 4.42 Å². The lowest BCUT2D eigenvalue weighted by Gasteiger charge is -2.48. The van der Waals surface area contributed by atoms with Crippen LogP contribution < -0.4 is 26.2 Å². The number of rotatable bonds is 2. The van der Waals surface area contributed by atoms with E-state index in [0.29, 0.717) is 0 Å². The van der Waals surface area contributed by atoms with E-state index >= 15 is 0 Å². The Kier molecular flexibility index (Phi) is 8.77. The van der Waals surface area contributed by atoms with Gasteiger partial charge in [-0.3, -0.25) is 0 Å². The second kappa shape index (κ2) is 13.6. The summed E-state index contributed by atoms with van der Waals surface area (Å²) in [5.41, 5.74) is 25.6. The Bertz CT molecular complexity index is 3340. The highest BCUT2D eigenvalue weighted by molar-refractivity contribution is 7.00. The molecule has 0 saturated heterocycles. The first-order valence-corrected chi connectivity index (χ1v) is 25.9. The van der Waals surface area contributed by atoms with Crippen molar-refractivity contribution in [2.45, 2.75) is 181 Å². The molecule has 0 amide bonds. The molecule has 5 aliphatic rings. The largest absolute Gasteiger partial charge is 0.454 e. The smallest absolute Gasteiger partial charge is 0.252 e. The molecule has 2 aliphatic heterocycles. The number of hydrogen-bond acceptors (Lipinski definition) is 3. The van der Waals surface area contributed by atoms with Gasteiger partial charge in [-0.05, 0) is 180 Å². The fourth-order valence-corrected chi connectivity index (χ4v) is 14.3. The zero-order valence-corrected chi connectivity index (χ0v) is 44.1. The summed E-state index contributed by atoms with van der Waals surface area (Å²) in [5.74, 6) is 0. The maximum Gasteiger partial charge on any atom is 0.252 e. The minimum atomic E-state index is -0.132. The molecule has 68 heavy (non-hydrogen) atoms. The van der Waals surface area contributed by atoms with Crippen LogP contribution in [-0.4, -0.2) is 6.71 Å². The summed E-state index contributed by atoms with van der Waals surface area (Å²) in [4.78, 5) is 5.41. The Morgan fingerprint density at radius 2 is 0.897 bits per heavy atom. The van der Waals surface area contributed by atoms with E-state index in [9.17, 15) is 0 Å². The highest BCUT2D eigenvalue weighted by atomic mass is 16.3. The molecule has 3 heterocycles. The van der Waals surface area contributed by atoms with Crippen LogP contribution in [0.25, 0.3) is 21.9 Å². The maximum atomic E-state index is 7.04. The molecule has 0 saturated carbocycles. The van der Waals surface area contributed by atoms with Crippen molar-refractivity contribution in [1.29, 1.82) is 0 Å². The van der Waals surface area contributed by atoms with Gasteiger partial charge in [0.15, 0.2) is 5.58 Å². The molecule has 0 fully saturated rings. The first kappa shape index (κ1) is 44.0. The Hall–Kier alpha value is -5.22. The number of hydrogen-bond donors (Lipinski definition) is 0. The van der Waals surface area contributed by atoms with Gasteiger partial charge in [0.1, 0.15) is 5.58 Å². The third-order valence-electron chi connectivity index (χ3n) is 18.4. The Labute approximate surface area is 407 Å². The number of fused-ring (bicyclic) bond motifs is 10. The van der Waals surface area contributed by atoms with Gasteiger partial charge in [-0.25, -0.2) is 0 Å². The minimum Gasteiger partial charge on any atom is -0.454 e. The highest BCUT2D eigenvalue weighted by Crippen LogP contribution is 2.56. The Balaban J connectivity index is 1.26. The van der Waals surface area contributed by atoms with Crippen molar-refractivity contribution in [3.63, 3.8) is 0 Å². The fourth-order valence-electron chi connectivity index (χ4n) is 14.3. The number of furan rings is 1. The summed E-state index contributed by atoms with van der Waals surface area (Å²) >= 11 is 0. The lowest BCUT2D eigenvalue weighted by atomic mass is 9.32. The lowest BCUT2D eigenvalue weighted by Crippen LogP contribution is -2.62. The SMILES string of the molecule is Cc1cc2c(cc1N1c3cc4c(cc3B3c5cc6c(cc5N(c5cccc7c5oc5ccccc57)c5cc(C(C)(C)C)cc1c53)C(C)(C)CCC6(C)C)C(C)(C)CC4(C)C)C(C)(C)CCC2(C)C. The van der Waals surface area contributed by atoms with Crippen molar-refractivity contribution < 1.29 is 4.42 Å². The molecule has 6 aromatic carbocycles. The first-order valence-electron chi connectivity index (χ1n) is 25.9. The van der Waals surface area contributed by atoms with Crippen LogP contribution in [0.15, 0.2) is 95.4 Å². The summed E-state index contributed by atoms with van der Waals surface area (Å²) in [6.07, 6.45) is 5.83. The van der Waals surface area contributed by atoms with E-state index in [0.717, 1.165) is 40.5 Å². The topological polar surface area (TPSA) is 19.6 Å². The Morgan fingerprint density at radius 3 is 1.44 bits per heavy atom. The van der Waals surface area contributed by atoms with Crippen LogP contribution >= 0.6 is 0 Å². The molecule has 0 spiro atoms. The summed E-state index contributed by atoms with van der Waals surface area (Å²) in [6.45, 7) is 39.4. The zero-order valence-electron chi connectivity index (χ0n) is 44.1. The maximum absolute atomic E-state index is 7.04. The monoisotopic (exact) mass is 897 g/mol. The van der Waals surface area contributed by atoms with Crippen molar-refractivity contribution in [3.8, 4) is 0 Å². The zero-order chi connectivity index (χ0) is 48.2. The second-order valence-corrected chi connectivity index (χ2v) is 27.1. The summed E-state index contributed by atoms with van der Waals surface area (Å²) in [6, 6.07) is 36.5. The van der Waals surface area contributed by atoms with Crippen molar-refractivity contribution in [2.75, 3.05) is 9.80 Å². The molecular formula is C64H73BN2O. The van der Waals surface area contributed by atoms with Gasteiger partial charge in [0.25, 0.3) is 6.71 Å². The van der Waals surface area contributed by atoms with E-state index in [2.05, 4.69) is 212 Å². The first-order chi connectivity index (χ1) is 31.7. The number of anilines is 6. The molecule has 0 radical (unpaired) electrons. The van der Waals surface area contributed by atoms with E-state index in [1.165, 1.54) is 109 Å². The summed E-state index contributed by atoms with van der Waals surface area (Å²) in [5, 5.41) is 2.32. The summed E-state index contributed by atoms with van der Waals surface area (Å²) < 4.78 is 7.04. The third kappa shape index (κ3) is 6.03. The van der Waals surface area contributed by atoms with Gasteiger partial charge in [0.05, 0.1) is 5.69 Å². The fraction of sp³-hybridized carbons (Fsp3) is 0.438. The van der Waals surface area contributed by atoms with E-state index in [1.807, 2.05) is 0 Å². The number of aryl methyl sites for hydroxylation is 1. The number of para-hydroxylation sites is 2. The summed E-state index contributed by atoms with van der Waals surface area (Å²) in [7, 11) is 0.